The first kappa shape index (κ1) is 11.9. The van der Waals surface area contributed by atoms with Gasteiger partial charge in [-0.15, -0.1) is 0 Å². The largest absolute Gasteiger partial charge is 0.478 e. The zero-order chi connectivity index (χ0) is 8.57. The summed E-state index contributed by atoms with van der Waals surface area (Å²) in [5.74, 6) is -0.935. The van der Waals surface area contributed by atoms with Gasteiger partial charge in [0.1, 0.15) is 0 Å². The van der Waals surface area contributed by atoms with Crippen molar-refractivity contribution in [1.29, 1.82) is 0 Å². The minimum absolute atomic E-state index is 0.176. The maximum absolute atomic E-state index is 9.60. The summed E-state index contributed by atoms with van der Waals surface area (Å²) in [7, 11) is 0. The Kier molecular flexibility index (Phi) is 9.73. The van der Waals surface area contributed by atoms with Crippen LogP contribution in [0.5, 0.6) is 0 Å². The van der Waals surface area contributed by atoms with E-state index in [1.807, 2.05) is 0 Å². The Hall–Kier alpha value is -0.830. The lowest BCUT2D eigenvalue weighted by atomic mass is 10.4. The Morgan fingerprint density at radius 2 is 1.90 bits per heavy atom. The summed E-state index contributed by atoms with van der Waals surface area (Å²) >= 11 is 0. The van der Waals surface area contributed by atoms with Crippen LogP contribution in [0, 0.1) is 0 Å². The van der Waals surface area contributed by atoms with Crippen LogP contribution >= 0.6 is 0 Å². The van der Waals surface area contributed by atoms with Crippen LogP contribution in [0.3, 0.4) is 0 Å². The van der Waals surface area contributed by atoms with Gasteiger partial charge in [-0.25, -0.2) is 4.79 Å². The minimum atomic E-state index is -0.935. The Morgan fingerprint density at radius 1 is 1.70 bits per heavy atom. The van der Waals surface area contributed by atoms with E-state index in [0.717, 1.165) is 13.0 Å². The fourth-order valence-corrected chi connectivity index (χ4v) is 0. The van der Waals surface area contributed by atoms with E-state index in [1.165, 1.54) is 6.92 Å². The quantitative estimate of drug-likeness (QED) is 0.570. The summed E-state index contributed by atoms with van der Waals surface area (Å²) in [6.45, 7) is 7.48. The van der Waals surface area contributed by atoms with Crippen LogP contribution in [-0.4, -0.2) is 17.6 Å². The van der Waals surface area contributed by atoms with Crippen molar-refractivity contribution in [3.63, 3.8) is 0 Å². The number of hydrogen-bond donors (Lipinski definition) is 2. The Morgan fingerprint density at radius 3 is 1.90 bits per heavy atom. The molecule has 0 amide bonds. The van der Waals surface area contributed by atoms with E-state index < -0.39 is 5.97 Å². The second kappa shape index (κ2) is 8.17. The molecule has 0 unspecified atom stereocenters. The lowest BCUT2D eigenvalue weighted by Crippen LogP contribution is -1.93. The van der Waals surface area contributed by atoms with E-state index >= 15 is 0 Å². The van der Waals surface area contributed by atoms with Crippen molar-refractivity contribution in [2.45, 2.75) is 20.3 Å². The number of rotatable bonds is 2. The topological polar surface area (TPSA) is 63.3 Å². The summed E-state index contributed by atoms with van der Waals surface area (Å²) in [5.41, 5.74) is 5.20. The number of hydrogen-bond acceptors (Lipinski definition) is 2. The lowest BCUT2D eigenvalue weighted by molar-refractivity contribution is -0.132. The van der Waals surface area contributed by atoms with Crippen LogP contribution in [0.1, 0.15) is 20.3 Å². The first-order valence-corrected chi connectivity index (χ1v) is 3.15. The van der Waals surface area contributed by atoms with Crippen LogP contribution in [0.25, 0.3) is 0 Å². The predicted octanol–water partition coefficient (Wildman–Crippen LogP) is 1.00. The normalized spacial score (nSPS) is 7.50. The molecular formula is C7H15NO2. The fraction of sp³-hybridized carbons (Fsp3) is 0.571. The standard InChI is InChI=1S/C4H6O2.C3H9N/c1-3(2)4(5)6;1-2-3-4/h1H2,2H3,(H,5,6);2-4H2,1H3. The average Bonchev–Trinajstić information content (AvgIpc) is 1.89. The Bertz CT molecular complexity index is 96.2. The number of carboxylic acid groups (broad SMARTS) is 1. The van der Waals surface area contributed by atoms with Crippen LogP contribution < -0.4 is 5.73 Å². The minimum Gasteiger partial charge on any atom is -0.478 e. The third kappa shape index (κ3) is 15.7. The highest BCUT2D eigenvalue weighted by molar-refractivity contribution is 5.84. The molecule has 0 aliphatic heterocycles. The highest BCUT2D eigenvalue weighted by Gasteiger charge is 1.90. The molecule has 0 aliphatic carbocycles. The summed E-state index contributed by atoms with van der Waals surface area (Å²) in [5, 5.41) is 7.89. The van der Waals surface area contributed by atoms with Gasteiger partial charge in [0, 0.05) is 5.57 Å². The number of aliphatic carboxylic acids is 1. The van der Waals surface area contributed by atoms with Crippen LogP contribution in [0.2, 0.25) is 0 Å². The van der Waals surface area contributed by atoms with Gasteiger partial charge in [0.25, 0.3) is 0 Å². The van der Waals surface area contributed by atoms with Crippen molar-refractivity contribution >= 4 is 5.97 Å². The summed E-state index contributed by atoms with van der Waals surface area (Å²) in [6.07, 6.45) is 1.10. The summed E-state index contributed by atoms with van der Waals surface area (Å²) in [6, 6.07) is 0. The summed E-state index contributed by atoms with van der Waals surface area (Å²) < 4.78 is 0. The first-order chi connectivity index (χ1) is 4.56. The van der Waals surface area contributed by atoms with E-state index in [-0.39, 0.29) is 5.57 Å². The monoisotopic (exact) mass is 145 g/mol. The molecule has 0 bridgehead atoms. The van der Waals surface area contributed by atoms with Crippen molar-refractivity contribution in [3.8, 4) is 0 Å². The zero-order valence-electron chi connectivity index (χ0n) is 6.55. The molecule has 3 N–H and O–H groups in total. The average molecular weight is 145 g/mol. The maximum Gasteiger partial charge on any atom is 0.330 e. The molecule has 0 aromatic heterocycles. The van der Waals surface area contributed by atoms with Gasteiger partial charge in [0.2, 0.25) is 0 Å². The molecule has 0 rings (SSSR count). The van der Waals surface area contributed by atoms with Gasteiger partial charge < -0.3 is 10.8 Å². The maximum atomic E-state index is 9.60. The van der Waals surface area contributed by atoms with Gasteiger partial charge in [0.05, 0.1) is 0 Å². The zero-order valence-corrected chi connectivity index (χ0v) is 6.55. The van der Waals surface area contributed by atoms with Crippen molar-refractivity contribution in [3.05, 3.63) is 12.2 Å². The smallest absolute Gasteiger partial charge is 0.330 e. The molecule has 0 heterocycles. The third-order valence-corrected chi connectivity index (χ3v) is 0.654. The molecule has 0 radical (unpaired) electrons. The van der Waals surface area contributed by atoms with Crippen LogP contribution in [0.15, 0.2) is 12.2 Å². The van der Waals surface area contributed by atoms with E-state index in [9.17, 15) is 4.79 Å². The molecule has 0 aromatic rings. The highest BCUT2D eigenvalue weighted by atomic mass is 16.4. The van der Waals surface area contributed by atoms with Gasteiger partial charge in [-0.3, -0.25) is 0 Å². The highest BCUT2D eigenvalue weighted by Crippen LogP contribution is 1.81. The van der Waals surface area contributed by atoms with Gasteiger partial charge in [-0.1, -0.05) is 13.5 Å². The van der Waals surface area contributed by atoms with E-state index in [2.05, 4.69) is 13.5 Å². The molecule has 0 saturated heterocycles. The second-order valence-corrected chi connectivity index (χ2v) is 1.87. The summed E-state index contributed by atoms with van der Waals surface area (Å²) in [4.78, 5) is 9.60. The van der Waals surface area contributed by atoms with Crippen LogP contribution in [-0.2, 0) is 4.79 Å². The van der Waals surface area contributed by atoms with Crippen molar-refractivity contribution < 1.29 is 9.90 Å². The van der Waals surface area contributed by atoms with Gasteiger partial charge >= 0.3 is 5.97 Å². The fourth-order valence-electron chi connectivity index (χ4n) is 0. The molecule has 3 nitrogen and oxygen atoms in total. The van der Waals surface area contributed by atoms with Crippen molar-refractivity contribution in [1.82, 2.24) is 0 Å². The first-order valence-electron chi connectivity index (χ1n) is 3.15. The molecule has 0 saturated carbocycles. The molecule has 10 heavy (non-hydrogen) atoms. The van der Waals surface area contributed by atoms with Gasteiger partial charge in [-0.2, -0.15) is 0 Å². The molecule has 0 spiro atoms. The van der Waals surface area contributed by atoms with Crippen molar-refractivity contribution in [2.75, 3.05) is 6.54 Å². The number of carbonyl (C=O) groups is 1. The number of nitrogens with two attached hydrogens (primary N) is 1. The Labute approximate surface area is 61.5 Å². The molecule has 0 fully saturated rings. The predicted molar refractivity (Wildman–Crippen MR) is 41.8 cm³/mol. The van der Waals surface area contributed by atoms with E-state index in [4.69, 9.17) is 10.8 Å². The van der Waals surface area contributed by atoms with E-state index in [1.54, 1.807) is 0 Å². The van der Waals surface area contributed by atoms with Crippen molar-refractivity contribution in [2.24, 2.45) is 5.73 Å². The molecule has 60 valence electrons. The molecule has 3 heteroatoms. The van der Waals surface area contributed by atoms with Crippen LogP contribution in [0.4, 0.5) is 0 Å². The Balaban J connectivity index is 0. The molecular weight excluding hydrogens is 130 g/mol. The van der Waals surface area contributed by atoms with E-state index in [0.29, 0.717) is 0 Å². The second-order valence-electron chi connectivity index (χ2n) is 1.87. The molecule has 0 aromatic carbocycles. The lowest BCUT2D eigenvalue weighted by Gasteiger charge is -1.79. The van der Waals surface area contributed by atoms with Gasteiger partial charge in [0.15, 0.2) is 0 Å². The molecule has 0 aliphatic rings. The SMILES string of the molecule is C=C(C)C(=O)O.CCCN. The third-order valence-electron chi connectivity index (χ3n) is 0.654. The number of carboxylic acids is 1. The molecule has 0 atom stereocenters. The van der Waals surface area contributed by atoms with Gasteiger partial charge in [-0.05, 0) is 19.9 Å².